The molecule has 3 aromatic rings. The van der Waals surface area contributed by atoms with Crippen LogP contribution in [0.4, 0.5) is 5.69 Å². The van der Waals surface area contributed by atoms with Gasteiger partial charge >= 0.3 is 0 Å². The van der Waals surface area contributed by atoms with Gasteiger partial charge in [0.15, 0.2) is 0 Å². The molecule has 7 nitrogen and oxygen atoms in total. The summed E-state index contributed by atoms with van der Waals surface area (Å²) < 4.78 is 30.5. The number of rotatable bonds is 7. The second-order valence-electron chi connectivity index (χ2n) is 8.39. The monoisotopic (exact) mass is 464 g/mol. The van der Waals surface area contributed by atoms with Gasteiger partial charge in [0, 0.05) is 35.8 Å². The van der Waals surface area contributed by atoms with Gasteiger partial charge in [-0.05, 0) is 50.1 Å². The van der Waals surface area contributed by atoms with Gasteiger partial charge in [-0.25, -0.2) is 13.1 Å². The fourth-order valence-corrected chi connectivity index (χ4v) is 5.55. The molecular formula is C25H28N4O3S. The summed E-state index contributed by atoms with van der Waals surface area (Å²) in [6.07, 6.45) is 4.63. The molecule has 0 saturated carbocycles. The van der Waals surface area contributed by atoms with E-state index >= 15 is 0 Å². The van der Waals surface area contributed by atoms with Gasteiger partial charge in [0.25, 0.3) is 0 Å². The van der Waals surface area contributed by atoms with E-state index in [0.29, 0.717) is 18.7 Å². The van der Waals surface area contributed by atoms with Crippen LogP contribution in [0.1, 0.15) is 41.8 Å². The zero-order valence-corrected chi connectivity index (χ0v) is 19.8. The highest BCUT2D eigenvalue weighted by molar-refractivity contribution is 7.89. The number of anilines is 1. The molecule has 0 bridgehead atoms. The molecule has 0 spiro atoms. The Morgan fingerprint density at radius 2 is 1.76 bits per heavy atom. The number of carbonyl (C=O) groups excluding carboxylic acids is 1. The van der Waals surface area contributed by atoms with Crippen LogP contribution in [-0.2, 0) is 21.4 Å². The van der Waals surface area contributed by atoms with E-state index in [1.54, 1.807) is 12.1 Å². The Morgan fingerprint density at radius 3 is 2.42 bits per heavy atom. The van der Waals surface area contributed by atoms with Crippen LogP contribution in [0.2, 0.25) is 0 Å². The fraction of sp³-hybridized carbons (Fsp3) is 0.280. The van der Waals surface area contributed by atoms with Crippen molar-refractivity contribution in [2.24, 2.45) is 0 Å². The van der Waals surface area contributed by atoms with E-state index in [-0.39, 0.29) is 22.8 Å². The molecule has 0 aliphatic heterocycles. The van der Waals surface area contributed by atoms with E-state index in [1.165, 1.54) is 24.6 Å². The number of allylic oxidation sites excluding steroid dienone is 1. The van der Waals surface area contributed by atoms with Crippen molar-refractivity contribution in [2.75, 3.05) is 5.32 Å². The topological polar surface area (TPSA) is 93.1 Å². The smallest absolute Gasteiger partial charge is 0.241 e. The molecule has 1 aliphatic rings. The normalized spacial score (nSPS) is 17.9. The summed E-state index contributed by atoms with van der Waals surface area (Å²) in [5.41, 5.74) is 4.97. The molecule has 1 aromatic heterocycles. The zero-order valence-electron chi connectivity index (χ0n) is 18.9. The first-order valence-corrected chi connectivity index (χ1v) is 12.4. The molecule has 8 heteroatoms. The average Bonchev–Trinajstić information content (AvgIpc) is 3.31. The minimum absolute atomic E-state index is 0.101. The van der Waals surface area contributed by atoms with E-state index in [9.17, 15) is 13.2 Å². The Kier molecular flexibility index (Phi) is 6.49. The molecule has 2 atom stereocenters. The van der Waals surface area contributed by atoms with Gasteiger partial charge in [0.05, 0.1) is 17.1 Å². The quantitative estimate of drug-likeness (QED) is 0.519. The molecule has 0 fully saturated rings. The van der Waals surface area contributed by atoms with E-state index in [0.717, 1.165) is 17.0 Å². The van der Waals surface area contributed by atoms with Crippen LogP contribution >= 0.6 is 0 Å². The van der Waals surface area contributed by atoms with E-state index < -0.39 is 10.0 Å². The molecule has 0 unspecified atom stereocenters. The van der Waals surface area contributed by atoms with Crippen molar-refractivity contribution in [3.8, 4) is 0 Å². The Labute approximate surface area is 194 Å². The lowest BCUT2D eigenvalue weighted by molar-refractivity contribution is -0.114. The first-order chi connectivity index (χ1) is 15.7. The van der Waals surface area contributed by atoms with Gasteiger partial charge in [-0.2, -0.15) is 5.10 Å². The van der Waals surface area contributed by atoms with Crippen LogP contribution in [0.3, 0.4) is 0 Å². The lowest BCUT2D eigenvalue weighted by Gasteiger charge is -2.15. The third-order valence-corrected chi connectivity index (χ3v) is 7.36. The third kappa shape index (κ3) is 5.23. The second-order valence-corrected chi connectivity index (χ2v) is 10.1. The Hall–Kier alpha value is -3.23. The van der Waals surface area contributed by atoms with Crippen molar-refractivity contribution >= 4 is 21.6 Å². The molecule has 2 N–H and O–H groups in total. The zero-order chi connectivity index (χ0) is 23.6. The highest BCUT2D eigenvalue weighted by Gasteiger charge is 2.28. The van der Waals surface area contributed by atoms with E-state index in [4.69, 9.17) is 5.10 Å². The fourth-order valence-electron chi connectivity index (χ4n) is 4.35. The number of aryl methyl sites for hydroxylation is 1. The number of hydrogen-bond donors (Lipinski definition) is 2. The lowest BCUT2D eigenvalue weighted by Crippen LogP contribution is -2.32. The first kappa shape index (κ1) is 22.9. The van der Waals surface area contributed by atoms with Crippen LogP contribution in [0, 0.1) is 13.8 Å². The summed E-state index contributed by atoms with van der Waals surface area (Å²) in [7, 11) is -3.69. The summed E-state index contributed by atoms with van der Waals surface area (Å²) in [5, 5.41) is 7.38. The van der Waals surface area contributed by atoms with Gasteiger partial charge in [0.1, 0.15) is 0 Å². The van der Waals surface area contributed by atoms with E-state index in [2.05, 4.69) is 35.2 Å². The Balaban J connectivity index is 1.44. The number of carbonyl (C=O) groups is 1. The van der Waals surface area contributed by atoms with E-state index in [1.807, 2.05) is 35.9 Å². The Bertz CT molecular complexity index is 1280. The summed E-state index contributed by atoms with van der Waals surface area (Å²) >= 11 is 0. The number of sulfonamides is 1. The predicted molar refractivity (Wildman–Crippen MR) is 129 cm³/mol. The van der Waals surface area contributed by atoms with Gasteiger partial charge in [-0.1, -0.05) is 42.5 Å². The number of aromatic nitrogens is 2. The number of hydrogen-bond acceptors (Lipinski definition) is 4. The molecule has 172 valence electrons. The van der Waals surface area contributed by atoms with Crippen molar-refractivity contribution in [3.05, 3.63) is 89.3 Å². The van der Waals surface area contributed by atoms with Crippen LogP contribution in [0.25, 0.3) is 0 Å². The molecule has 4 rings (SSSR count). The highest BCUT2D eigenvalue weighted by atomic mass is 32.2. The highest BCUT2D eigenvalue weighted by Crippen LogP contribution is 2.33. The number of benzene rings is 2. The molecular weight excluding hydrogens is 436 g/mol. The predicted octanol–water partition coefficient (Wildman–Crippen LogP) is 3.90. The molecule has 33 heavy (non-hydrogen) atoms. The minimum Gasteiger partial charge on any atom is -0.326 e. The average molecular weight is 465 g/mol. The summed E-state index contributed by atoms with van der Waals surface area (Å²) in [5.74, 6) is -0.104. The van der Waals surface area contributed by atoms with Crippen molar-refractivity contribution in [2.45, 2.75) is 50.6 Å². The number of amides is 1. The summed E-state index contributed by atoms with van der Waals surface area (Å²) in [6.45, 7) is 6.18. The van der Waals surface area contributed by atoms with Gasteiger partial charge in [0.2, 0.25) is 15.9 Å². The molecule has 1 amide bonds. The first-order valence-electron chi connectivity index (χ1n) is 10.9. The van der Waals surface area contributed by atoms with Crippen molar-refractivity contribution < 1.29 is 13.2 Å². The van der Waals surface area contributed by atoms with Gasteiger partial charge in [-0.15, -0.1) is 0 Å². The SMILES string of the molecule is CC(=O)Nc1ccc(S(=O)(=O)N[C@@H]2C=C[C@H](c3c(C)nn(Cc4ccccc4)c3C)C2)cc1. The molecule has 1 aliphatic carbocycles. The summed E-state index contributed by atoms with van der Waals surface area (Å²) in [6, 6.07) is 16.0. The van der Waals surface area contributed by atoms with Crippen molar-refractivity contribution in [1.29, 1.82) is 0 Å². The standard InChI is InChI=1S/C25H28N4O3S/c1-17-25(18(2)29(27-17)16-20-7-5-4-6-8-20)21-9-10-23(15-21)28-33(31,32)24-13-11-22(12-14-24)26-19(3)30/h4-14,21,23,28H,15-16H2,1-3H3,(H,26,30)/t21-,23+/m0/s1. The maximum absolute atomic E-state index is 12.9. The number of nitrogens with one attached hydrogen (secondary N) is 2. The van der Waals surface area contributed by atoms with Crippen LogP contribution < -0.4 is 10.0 Å². The van der Waals surface area contributed by atoms with Crippen LogP contribution in [0.15, 0.2) is 71.6 Å². The van der Waals surface area contributed by atoms with Crippen molar-refractivity contribution in [3.63, 3.8) is 0 Å². The van der Waals surface area contributed by atoms with Crippen molar-refractivity contribution in [1.82, 2.24) is 14.5 Å². The minimum atomic E-state index is -3.69. The molecule has 1 heterocycles. The summed E-state index contributed by atoms with van der Waals surface area (Å²) in [4.78, 5) is 11.3. The number of nitrogens with zero attached hydrogens (tertiary/aromatic N) is 2. The van der Waals surface area contributed by atoms with Crippen LogP contribution in [0.5, 0.6) is 0 Å². The van der Waals surface area contributed by atoms with Gasteiger partial charge in [-0.3, -0.25) is 9.48 Å². The molecule has 0 radical (unpaired) electrons. The third-order valence-electron chi connectivity index (χ3n) is 5.86. The molecule has 2 aromatic carbocycles. The Morgan fingerprint density at radius 1 is 1.06 bits per heavy atom. The second kappa shape index (κ2) is 9.33. The maximum Gasteiger partial charge on any atom is 0.241 e. The molecule has 0 saturated heterocycles. The maximum atomic E-state index is 12.9. The largest absolute Gasteiger partial charge is 0.326 e. The van der Waals surface area contributed by atoms with Gasteiger partial charge < -0.3 is 5.32 Å². The lowest BCUT2D eigenvalue weighted by atomic mass is 9.96. The van der Waals surface area contributed by atoms with Crippen LogP contribution in [-0.4, -0.2) is 30.1 Å².